The van der Waals surface area contributed by atoms with Crippen LogP contribution >= 0.6 is 0 Å². The molecule has 2 bridgehead atoms. The molecular formula is C16H19N3O2. The van der Waals surface area contributed by atoms with E-state index in [-0.39, 0.29) is 11.9 Å². The third kappa shape index (κ3) is 1.91. The van der Waals surface area contributed by atoms with Gasteiger partial charge >= 0.3 is 6.03 Å². The molecule has 3 aliphatic heterocycles. The molecule has 5 nitrogen and oxygen atoms in total. The fraction of sp³-hybridized carbons (Fsp3) is 0.500. The SMILES string of the molecule is O=C1NC(=O)C2(CC3CCCC(C2)N3c2ccccc2)N1. The van der Waals surface area contributed by atoms with Crippen molar-refractivity contribution in [2.24, 2.45) is 0 Å². The van der Waals surface area contributed by atoms with Crippen LogP contribution in [0.25, 0.3) is 0 Å². The van der Waals surface area contributed by atoms with Gasteiger partial charge in [-0.1, -0.05) is 18.2 Å². The second-order valence-corrected chi connectivity index (χ2v) is 6.38. The molecule has 110 valence electrons. The molecule has 2 unspecified atom stereocenters. The molecule has 0 radical (unpaired) electrons. The number of urea groups is 1. The number of carbonyl (C=O) groups is 2. The van der Waals surface area contributed by atoms with E-state index in [9.17, 15) is 9.59 Å². The van der Waals surface area contributed by atoms with Gasteiger partial charge in [-0.2, -0.15) is 0 Å². The van der Waals surface area contributed by atoms with Gasteiger partial charge in [0.2, 0.25) is 0 Å². The average molecular weight is 285 g/mol. The van der Waals surface area contributed by atoms with Crippen molar-refractivity contribution in [2.45, 2.75) is 49.7 Å². The fourth-order valence-electron chi connectivity index (χ4n) is 4.29. The summed E-state index contributed by atoms with van der Waals surface area (Å²) in [4.78, 5) is 26.2. The first-order valence-corrected chi connectivity index (χ1v) is 7.65. The number of para-hydroxylation sites is 1. The Morgan fingerprint density at radius 1 is 1.05 bits per heavy atom. The first-order chi connectivity index (χ1) is 10.2. The quantitative estimate of drug-likeness (QED) is 0.773. The van der Waals surface area contributed by atoms with E-state index in [1.54, 1.807) is 0 Å². The maximum atomic E-state index is 12.2. The van der Waals surface area contributed by atoms with E-state index in [0.29, 0.717) is 24.9 Å². The van der Waals surface area contributed by atoms with Gasteiger partial charge in [-0.05, 0) is 44.2 Å². The number of benzene rings is 1. The smallest absolute Gasteiger partial charge is 0.322 e. The van der Waals surface area contributed by atoms with Crippen LogP contribution in [-0.2, 0) is 4.79 Å². The number of carbonyl (C=O) groups excluding carboxylic acids is 2. The number of amides is 3. The summed E-state index contributed by atoms with van der Waals surface area (Å²) in [6.07, 6.45) is 4.77. The highest BCUT2D eigenvalue weighted by atomic mass is 16.2. The van der Waals surface area contributed by atoms with Crippen LogP contribution in [0.5, 0.6) is 0 Å². The second-order valence-electron chi connectivity index (χ2n) is 6.38. The molecule has 3 saturated heterocycles. The van der Waals surface area contributed by atoms with Crippen molar-refractivity contribution in [1.82, 2.24) is 10.6 Å². The van der Waals surface area contributed by atoms with Gasteiger partial charge in [0.05, 0.1) is 0 Å². The van der Waals surface area contributed by atoms with E-state index >= 15 is 0 Å². The summed E-state index contributed by atoms with van der Waals surface area (Å²) in [5.41, 5.74) is 0.546. The van der Waals surface area contributed by atoms with E-state index in [4.69, 9.17) is 0 Å². The van der Waals surface area contributed by atoms with Crippen molar-refractivity contribution in [3.05, 3.63) is 30.3 Å². The number of piperidine rings is 2. The zero-order valence-electron chi connectivity index (χ0n) is 11.8. The van der Waals surface area contributed by atoms with Crippen molar-refractivity contribution in [3.63, 3.8) is 0 Å². The number of hydrogen-bond acceptors (Lipinski definition) is 3. The van der Waals surface area contributed by atoms with Gasteiger partial charge in [-0.15, -0.1) is 0 Å². The predicted octanol–water partition coefficient (Wildman–Crippen LogP) is 1.79. The van der Waals surface area contributed by atoms with Crippen molar-refractivity contribution in [1.29, 1.82) is 0 Å². The van der Waals surface area contributed by atoms with Crippen LogP contribution in [0.2, 0.25) is 0 Å². The molecule has 1 aromatic rings. The molecular weight excluding hydrogens is 266 g/mol. The van der Waals surface area contributed by atoms with Gasteiger partial charge in [0, 0.05) is 17.8 Å². The minimum atomic E-state index is -0.682. The number of anilines is 1. The first kappa shape index (κ1) is 12.7. The zero-order chi connectivity index (χ0) is 14.4. The van der Waals surface area contributed by atoms with Gasteiger partial charge < -0.3 is 10.2 Å². The van der Waals surface area contributed by atoms with Gasteiger partial charge in [0.1, 0.15) is 5.54 Å². The van der Waals surface area contributed by atoms with Crippen LogP contribution in [-0.4, -0.2) is 29.6 Å². The second kappa shape index (κ2) is 4.48. The standard InChI is InChI=1S/C16H19N3O2/c20-14-16(18-15(21)17-14)9-12-7-4-8-13(10-16)19(12)11-5-2-1-3-6-11/h1-3,5-6,12-13H,4,7-10H2,(H2,17,18,20,21). The van der Waals surface area contributed by atoms with Gasteiger partial charge in [0.25, 0.3) is 5.91 Å². The topological polar surface area (TPSA) is 61.4 Å². The zero-order valence-corrected chi connectivity index (χ0v) is 11.8. The predicted molar refractivity (Wildman–Crippen MR) is 79.0 cm³/mol. The lowest BCUT2D eigenvalue weighted by atomic mass is 9.73. The van der Waals surface area contributed by atoms with Crippen LogP contribution < -0.4 is 15.5 Å². The number of nitrogens with one attached hydrogen (secondary N) is 2. The molecule has 0 aliphatic carbocycles. The van der Waals surface area contributed by atoms with E-state index in [0.717, 1.165) is 12.8 Å². The third-order valence-electron chi connectivity index (χ3n) is 5.10. The van der Waals surface area contributed by atoms with E-state index < -0.39 is 5.54 Å². The minimum Gasteiger partial charge on any atom is -0.365 e. The monoisotopic (exact) mass is 285 g/mol. The third-order valence-corrected chi connectivity index (χ3v) is 5.10. The highest BCUT2D eigenvalue weighted by Gasteiger charge is 2.54. The largest absolute Gasteiger partial charge is 0.365 e. The molecule has 5 heteroatoms. The summed E-state index contributed by atoms with van der Waals surface area (Å²) in [6, 6.07) is 10.7. The highest BCUT2D eigenvalue weighted by Crippen LogP contribution is 2.42. The average Bonchev–Trinajstić information content (AvgIpc) is 2.73. The Morgan fingerprint density at radius 3 is 2.29 bits per heavy atom. The maximum absolute atomic E-state index is 12.2. The molecule has 3 heterocycles. The Labute approximate surface area is 123 Å². The maximum Gasteiger partial charge on any atom is 0.322 e. The van der Waals surface area contributed by atoms with Crippen molar-refractivity contribution < 1.29 is 9.59 Å². The fourth-order valence-corrected chi connectivity index (χ4v) is 4.29. The molecule has 3 fully saturated rings. The highest BCUT2D eigenvalue weighted by molar-refractivity contribution is 6.07. The first-order valence-electron chi connectivity index (χ1n) is 7.65. The van der Waals surface area contributed by atoms with E-state index in [2.05, 4.69) is 39.8 Å². The number of fused-ring (bicyclic) bond motifs is 2. The Hall–Kier alpha value is -2.04. The van der Waals surface area contributed by atoms with Crippen molar-refractivity contribution in [2.75, 3.05) is 4.90 Å². The Bertz CT molecular complexity index is 572. The molecule has 3 aliphatic rings. The molecule has 21 heavy (non-hydrogen) atoms. The summed E-state index contributed by atoms with van der Waals surface area (Å²) in [5, 5.41) is 5.31. The number of nitrogens with zero attached hydrogens (tertiary/aromatic N) is 1. The number of hydrogen-bond donors (Lipinski definition) is 2. The van der Waals surface area contributed by atoms with Gasteiger partial charge in [-0.3, -0.25) is 10.1 Å². The van der Waals surface area contributed by atoms with Crippen molar-refractivity contribution >= 4 is 17.6 Å². The Kier molecular flexibility index (Phi) is 2.71. The van der Waals surface area contributed by atoms with Crippen LogP contribution in [0.15, 0.2) is 30.3 Å². The van der Waals surface area contributed by atoms with Crippen LogP contribution in [0.3, 0.4) is 0 Å². The molecule has 3 amide bonds. The lowest BCUT2D eigenvalue weighted by Gasteiger charge is -2.52. The van der Waals surface area contributed by atoms with Crippen LogP contribution in [0.4, 0.5) is 10.5 Å². The lowest BCUT2D eigenvalue weighted by Crippen LogP contribution is -2.64. The summed E-state index contributed by atoms with van der Waals surface area (Å²) >= 11 is 0. The minimum absolute atomic E-state index is 0.142. The van der Waals surface area contributed by atoms with Crippen molar-refractivity contribution in [3.8, 4) is 0 Å². The van der Waals surface area contributed by atoms with Crippen LogP contribution in [0, 0.1) is 0 Å². The normalized spacial score (nSPS) is 34.8. The Morgan fingerprint density at radius 2 is 1.71 bits per heavy atom. The molecule has 0 aromatic heterocycles. The van der Waals surface area contributed by atoms with Gasteiger partial charge in [0.15, 0.2) is 0 Å². The summed E-state index contributed by atoms with van der Waals surface area (Å²) in [6.45, 7) is 0. The van der Waals surface area contributed by atoms with E-state index in [1.165, 1.54) is 12.1 Å². The summed E-state index contributed by atoms with van der Waals surface area (Å²) < 4.78 is 0. The summed E-state index contributed by atoms with van der Waals surface area (Å²) in [7, 11) is 0. The number of imide groups is 1. The number of rotatable bonds is 1. The Balaban J connectivity index is 1.67. The van der Waals surface area contributed by atoms with E-state index in [1.807, 2.05) is 6.07 Å². The molecule has 2 N–H and O–H groups in total. The summed E-state index contributed by atoms with van der Waals surface area (Å²) in [5.74, 6) is -0.142. The molecule has 2 atom stereocenters. The molecule has 1 aromatic carbocycles. The molecule has 1 spiro atoms. The molecule has 4 rings (SSSR count). The lowest BCUT2D eigenvalue weighted by molar-refractivity contribution is -0.125. The van der Waals surface area contributed by atoms with Crippen LogP contribution in [0.1, 0.15) is 32.1 Å². The molecule has 0 saturated carbocycles. The van der Waals surface area contributed by atoms with Gasteiger partial charge in [-0.25, -0.2) is 4.79 Å².